The van der Waals surface area contributed by atoms with Gasteiger partial charge in [0.2, 0.25) is 21.8 Å². The van der Waals surface area contributed by atoms with Crippen molar-refractivity contribution in [3.05, 3.63) is 64.2 Å². The molecule has 192 valence electrons. The summed E-state index contributed by atoms with van der Waals surface area (Å²) < 4.78 is 26.4. The molecule has 1 N–H and O–H groups in total. The second-order valence-corrected chi connectivity index (χ2v) is 11.2. The Balaban J connectivity index is 2.47. The summed E-state index contributed by atoms with van der Waals surface area (Å²) in [5.74, 6) is -0.727. The van der Waals surface area contributed by atoms with E-state index in [0.717, 1.165) is 33.7 Å². The summed E-state index contributed by atoms with van der Waals surface area (Å²) in [7, 11) is -3.81. The van der Waals surface area contributed by atoms with Gasteiger partial charge in [-0.1, -0.05) is 55.8 Å². The van der Waals surface area contributed by atoms with Gasteiger partial charge in [-0.05, 0) is 62.4 Å². The van der Waals surface area contributed by atoms with Crippen molar-refractivity contribution in [1.29, 1.82) is 0 Å². The molecule has 0 aromatic heterocycles. The Morgan fingerprint density at radius 2 is 1.69 bits per heavy atom. The first-order valence-corrected chi connectivity index (χ1v) is 14.0. The van der Waals surface area contributed by atoms with Crippen LogP contribution in [0.25, 0.3) is 0 Å². The van der Waals surface area contributed by atoms with Crippen molar-refractivity contribution in [2.45, 2.75) is 66.1 Å². The molecule has 2 rings (SSSR count). The zero-order valence-corrected chi connectivity index (χ0v) is 22.9. The van der Waals surface area contributed by atoms with Crippen LogP contribution in [0.1, 0.15) is 50.3 Å². The Labute approximate surface area is 214 Å². The number of amides is 2. The average Bonchev–Trinajstić information content (AvgIpc) is 2.79. The Bertz CT molecular complexity index is 1150. The van der Waals surface area contributed by atoms with Crippen molar-refractivity contribution >= 4 is 39.1 Å². The number of anilines is 1. The number of sulfonamides is 1. The summed E-state index contributed by atoms with van der Waals surface area (Å²) >= 11 is 6.24. The molecule has 0 radical (unpaired) electrons. The number of nitrogens with one attached hydrogen (secondary N) is 1. The van der Waals surface area contributed by atoms with Crippen molar-refractivity contribution in [3.63, 3.8) is 0 Å². The Morgan fingerprint density at radius 1 is 1.03 bits per heavy atom. The van der Waals surface area contributed by atoms with Crippen molar-refractivity contribution in [3.8, 4) is 0 Å². The van der Waals surface area contributed by atoms with E-state index < -0.39 is 28.5 Å². The lowest BCUT2D eigenvalue weighted by Crippen LogP contribution is -2.53. The van der Waals surface area contributed by atoms with Gasteiger partial charge in [-0.3, -0.25) is 13.9 Å². The van der Waals surface area contributed by atoms with Gasteiger partial charge in [0, 0.05) is 17.6 Å². The van der Waals surface area contributed by atoms with Crippen LogP contribution >= 0.6 is 11.6 Å². The van der Waals surface area contributed by atoms with Gasteiger partial charge in [0.25, 0.3) is 0 Å². The van der Waals surface area contributed by atoms with Crippen LogP contribution < -0.4 is 9.62 Å². The molecule has 0 heterocycles. The van der Waals surface area contributed by atoms with Crippen LogP contribution in [0, 0.1) is 13.8 Å². The predicted octanol–water partition coefficient (Wildman–Crippen LogP) is 4.44. The number of carbonyl (C=O) groups excluding carboxylic acids is 2. The molecule has 0 aliphatic carbocycles. The Hall–Kier alpha value is -2.58. The first kappa shape index (κ1) is 28.7. The van der Waals surface area contributed by atoms with E-state index in [1.165, 1.54) is 11.0 Å². The summed E-state index contributed by atoms with van der Waals surface area (Å²) in [6, 6.07) is 11.7. The summed E-state index contributed by atoms with van der Waals surface area (Å²) in [5, 5.41) is 3.37. The topological polar surface area (TPSA) is 86.8 Å². The van der Waals surface area contributed by atoms with Crippen LogP contribution in [0.3, 0.4) is 0 Å². The maximum absolute atomic E-state index is 13.7. The minimum absolute atomic E-state index is 0.0471. The summed E-state index contributed by atoms with van der Waals surface area (Å²) in [5.41, 5.74) is 2.96. The van der Waals surface area contributed by atoms with Crippen LogP contribution in [0.5, 0.6) is 0 Å². The third kappa shape index (κ3) is 7.70. The van der Waals surface area contributed by atoms with Crippen LogP contribution in [-0.2, 0) is 26.2 Å². The fourth-order valence-corrected chi connectivity index (χ4v) is 4.70. The number of halogens is 1. The van der Waals surface area contributed by atoms with Crippen LogP contribution in [0.15, 0.2) is 42.5 Å². The summed E-state index contributed by atoms with van der Waals surface area (Å²) in [6.45, 7) is 9.21. The molecule has 35 heavy (non-hydrogen) atoms. The zero-order chi connectivity index (χ0) is 26.3. The van der Waals surface area contributed by atoms with Crippen molar-refractivity contribution in [2.24, 2.45) is 0 Å². The third-order valence-corrected chi connectivity index (χ3v) is 7.66. The minimum Gasteiger partial charge on any atom is -0.352 e. The molecule has 2 aromatic carbocycles. The van der Waals surface area contributed by atoms with E-state index >= 15 is 0 Å². The lowest BCUT2D eigenvalue weighted by Gasteiger charge is -2.33. The number of rotatable bonds is 11. The van der Waals surface area contributed by atoms with E-state index in [0.29, 0.717) is 17.1 Å². The van der Waals surface area contributed by atoms with Gasteiger partial charge in [0.1, 0.15) is 12.6 Å². The fourth-order valence-electron chi connectivity index (χ4n) is 3.68. The normalized spacial score (nSPS) is 13.1. The van der Waals surface area contributed by atoms with Gasteiger partial charge in [-0.25, -0.2) is 8.42 Å². The lowest BCUT2D eigenvalue weighted by atomic mass is 10.1. The number of hydrogen-bond acceptors (Lipinski definition) is 4. The minimum atomic E-state index is -3.81. The average molecular weight is 522 g/mol. The second kappa shape index (κ2) is 12.4. The lowest BCUT2D eigenvalue weighted by molar-refractivity contribution is -0.140. The quantitative estimate of drug-likeness (QED) is 0.473. The highest BCUT2D eigenvalue weighted by atomic mass is 35.5. The molecular weight excluding hydrogens is 486 g/mol. The molecule has 0 saturated heterocycles. The monoisotopic (exact) mass is 521 g/mol. The molecule has 0 aliphatic rings. The smallest absolute Gasteiger partial charge is 0.244 e. The molecule has 7 nitrogen and oxygen atoms in total. The summed E-state index contributed by atoms with van der Waals surface area (Å²) in [6.07, 6.45) is 2.19. The molecule has 0 spiro atoms. The van der Waals surface area contributed by atoms with E-state index in [4.69, 9.17) is 11.6 Å². The SMILES string of the molecule is CC[C@H](C(=O)N[C@@H](C)CC)N(Cc1ccccc1C)C(=O)CN(c1ccc(C)c(Cl)c1)S(C)(=O)=O. The highest BCUT2D eigenvalue weighted by molar-refractivity contribution is 7.92. The molecular formula is C26H36ClN3O4S. The van der Waals surface area contributed by atoms with Crippen molar-refractivity contribution < 1.29 is 18.0 Å². The molecule has 2 aromatic rings. The molecule has 0 aliphatic heterocycles. The van der Waals surface area contributed by atoms with E-state index in [9.17, 15) is 18.0 Å². The van der Waals surface area contributed by atoms with Gasteiger partial charge in [-0.15, -0.1) is 0 Å². The molecule has 0 bridgehead atoms. The van der Waals surface area contributed by atoms with Crippen molar-refractivity contribution in [2.75, 3.05) is 17.1 Å². The van der Waals surface area contributed by atoms with Gasteiger partial charge in [0.15, 0.2) is 0 Å². The van der Waals surface area contributed by atoms with Crippen LogP contribution in [0.4, 0.5) is 5.69 Å². The van der Waals surface area contributed by atoms with Gasteiger partial charge < -0.3 is 10.2 Å². The molecule has 2 atom stereocenters. The predicted molar refractivity (Wildman–Crippen MR) is 142 cm³/mol. The second-order valence-electron chi connectivity index (χ2n) is 8.89. The zero-order valence-electron chi connectivity index (χ0n) is 21.3. The van der Waals surface area contributed by atoms with Crippen molar-refractivity contribution in [1.82, 2.24) is 10.2 Å². The van der Waals surface area contributed by atoms with E-state index in [2.05, 4.69) is 5.32 Å². The molecule has 9 heteroatoms. The highest BCUT2D eigenvalue weighted by Crippen LogP contribution is 2.25. The third-order valence-electron chi connectivity index (χ3n) is 6.11. The van der Waals surface area contributed by atoms with Gasteiger partial charge in [0.05, 0.1) is 11.9 Å². The Kier molecular flexibility index (Phi) is 10.2. The number of carbonyl (C=O) groups is 2. The van der Waals surface area contributed by atoms with E-state index in [1.807, 2.05) is 58.9 Å². The fraction of sp³-hybridized carbons (Fsp3) is 0.462. The largest absolute Gasteiger partial charge is 0.352 e. The number of benzene rings is 2. The maximum atomic E-state index is 13.7. The van der Waals surface area contributed by atoms with Gasteiger partial charge in [-0.2, -0.15) is 0 Å². The molecule has 2 amide bonds. The van der Waals surface area contributed by atoms with E-state index in [1.54, 1.807) is 12.1 Å². The standard InChI is InChI=1S/C26H36ClN3O4S/c1-7-20(5)28-26(32)24(8-2)29(16-21-12-10-9-11-18(21)3)25(31)17-30(35(6,33)34)22-14-13-19(4)23(27)15-22/h9-15,20,24H,7-8,16-17H2,1-6H3,(H,28,32)/t20-,24+/m0/s1. The first-order valence-electron chi connectivity index (χ1n) is 11.8. The highest BCUT2D eigenvalue weighted by Gasteiger charge is 2.32. The maximum Gasteiger partial charge on any atom is 0.244 e. The van der Waals surface area contributed by atoms with Gasteiger partial charge >= 0.3 is 0 Å². The number of hydrogen-bond donors (Lipinski definition) is 1. The Morgan fingerprint density at radius 3 is 2.23 bits per heavy atom. The first-order chi connectivity index (χ1) is 16.4. The van der Waals surface area contributed by atoms with E-state index in [-0.39, 0.29) is 18.5 Å². The number of aryl methyl sites for hydroxylation is 2. The molecule has 0 fully saturated rings. The molecule has 0 unspecified atom stereocenters. The number of nitrogens with zero attached hydrogens (tertiary/aromatic N) is 2. The van der Waals surface area contributed by atoms with Crippen LogP contribution in [-0.4, -0.2) is 50.0 Å². The molecule has 0 saturated carbocycles. The van der Waals surface area contributed by atoms with Crippen LogP contribution in [0.2, 0.25) is 5.02 Å². The summed E-state index contributed by atoms with van der Waals surface area (Å²) in [4.78, 5) is 28.3.